The second kappa shape index (κ2) is 3.47. The number of aromatic nitrogens is 1. The van der Waals surface area contributed by atoms with Crippen LogP contribution in [0.15, 0.2) is 18.5 Å². The van der Waals surface area contributed by atoms with Gasteiger partial charge in [0, 0.05) is 18.8 Å². The first-order valence-corrected chi connectivity index (χ1v) is 5.76. The third kappa shape index (κ3) is 1.37. The van der Waals surface area contributed by atoms with Crippen molar-refractivity contribution in [1.82, 2.24) is 9.88 Å². The topological polar surface area (TPSA) is 59.2 Å². The van der Waals surface area contributed by atoms with Crippen LogP contribution in [0.1, 0.15) is 29.6 Å². The maximum absolute atomic E-state index is 12.3. The van der Waals surface area contributed by atoms with Crippen molar-refractivity contribution in [2.45, 2.75) is 25.3 Å². The van der Waals surface area contributed by atoms with Crippen LogP contribution in [0.25, 0.3) is 0 Å². The Labute approximate surface area is 94.5 Å². The van der Waals surface area contributed by atoms with Crippen LogP contribution < -0.4 is 5.73 Å². The zero-order valence-corrected chi connectivity index (χ0v) is 9.10. The van der Waals surface area contributed by atoms with Crippen molar-refractivity contribution in [3.05, 3.63) is 24.0 Å². The highest BCUT2D eigenvalue weighted by atomic mass is 16.2. The van der Waals surface area contributed by atoms with E-state index in [1.807, 2.05) is 4.90 Å². The van der Waals surface area contributed by atoms with Crippen LogP contribution in [0.5, 0.6) is 0 Å². The van der Waals surface area contributed by atoms with Crippen molar-refractivity contribution in [2.75, 3.05) is 12.3 Å². The minimum atomic E-state index is 0.0760. The minimum absolute atomic E-state index is 0.0760. The first-order chi connectivity index (χ1) is 7.75. The molecule has 2 heterocycles. The average Bonchev–Trinajstić information content (AvgIpc) is 2.90. The van der Waals surface area contributed by atoms with Crippen LogP contribution in [0, 0.1) is 5.92 Å². The molecule has 0 spiro atoms. The second-order valence-corrected chi connectivity index (χ2v) is 4.75. The number of carbonyl (C=O) groups excluding carboxylic acids is 1. The summed E-state index contributed by atoms with van der Waals surface area (Å²) in [6.07, 6.45) is 6.78. The number of carbonyl (C=O) groups is 1. The van der Waals surface area contributed by atoms with Crippen LogP contribution in [0.4, 0.5) is 5.69 Å². The van der Waals surface area contributed by atoms with Crippen LogP contribution in [-0.4, -0.2) is 28.4 Å². The highest BCUT2D eigenvalue weighted by molar-refractivity contribution is 5.99. The number of hydrogen-bond donors (Lipinski definition) is 1. The van der Waals surface area contributed by atoms with Gasteiger partial charge < -0.3 is 10.6 Å². The summed E-state index contributed by atoms with van der Waals surface area (Å²) < 4.78 is 0. The zero-order chi connectivity index (χ0) is 11.1. The third-order valence-electron chi connectivity index (χ3n) is 3.75. The maximum atomic E-state index is 12.3. The number of pyridine rings is 1. The zero-order valence-electron chi connectivity index (χ0n) is 9.10. The Bertz CT molecular complexity index is 432. The third-order valence-corrected chi connectivity index (χ3v) is 3.75. The molecule has 4 heteroatoms. The molecule has 2 fully saturated rings. The molecule has 4 nitrogen and oxygen atoms in total. The van der Waals surface area contributed by atoms with Crippen molar-refractivity contribution in [3.8, 4) is 0 Å². The number of amides is 1. The molecule has 16 heavy (non-hydrogen) atoms. The fourth-order valence-corrected chi connectivity index (χ4v) is 2.93. The molecule has 2 unspecified atom stereocenters. The number of rotatable bonds is 1. The van der Waals surface area contributed by atoms with E-state index in [-0.39, 0.29) is 5.91 Å². The van der Waals surface area contributed by atoms with E-state index >= 15 is 0 Å². The van der Waals surface area contributed by atoms with Crippen LogP contribution in [0.2, 0.25) is 0 Å². The lowest BCUT2D eigenvalue weighted by atomic mass is 10.1. The molecule has 2 atom stereocenters. The van der Waals surface area contributed by atoms with Gasteiger partial charge in [0.25, 0.3) is 5.91 Å². The van der Waals surface area contributed by atoms with E-state index < -0.39 is 0 Å². The van der Waals surface area contributed by atoms with Gasteiger partial charge >= 0.3 is 0 Å². The number of piperidine rings is 1. The Balaban J connectivity index is 1.86. The van der Waals surface area contributed by atoms with E-state index in [1.54, 1.807) is 18.5 Å². The van der Waals surface area contributed by atoms with Crippen LogP contribution in [-0.2, 0) is 0 Å². The van der Waals surface area contributed by atoms with Gasteiger partial charge in [-0.2, -0.15) is 0 Å². The van der Waals surface area contributed by atoms with Crippen molar-refractivity contribution in [1.29, 1.82) is 0 Å². The predicted molar refractivity (Wildman–Crippen MR) is 60.8 cm³/mol. The molecule has 1 aliphatic carbocycles. The van der Waals surface area contributed by atoms with E-state index in [1.165, 1.54) is 12.8 Å². The summed E-state index contributed by atoms with van der Waals surface area (Å²) in [6.45, 7) is 0.908. The Kier molecular flexibility index (Phi) is 2.09. The molecule has 2 aliphatic rings. The van der Waals surface area contributed by atoms with Gasteiger partial charge in [0.2, 0.25) is 0 Å². The van der Waals surface area contributed by atoms with Gasteiger partial charge in [-0.15, -0.1) is 0 Å². The quantitative estimate of drug-likeness (QED) is 0.771. The summed E-state index contributed by atoms with van der Waals surface area (Å²) in [5.74, 6) is 0.795. The van der Waals surface area contributed by atoms with E-state index in [9.17, 15) is 4.79 Å². The molecular weight excluding hydrogens is 202 g/mol. The number of nitrogens with two attached hydrogens (primary N) is 1. The molecule has 3 rings (SSSR count). The normalized spacial score (nSPS) is 27.4. The molecule has 84 valence electrons. The van der Waals surface area contributed by atoms with Gasteiger partial charge in [-0.1, -0.05) is 0 Å². The molecular formula is C12H15N3O. The molecule has 0 radical (unpaired) electrons. The first-order valence-electron chi connectivity index (χ1n) is 5.76. The van der Waals surface area contributed by atoms with Crippen LogP contribution in [0.3, 0.4) is 0 Å². The number of fused-ring (bicyclic) bond motifs is 2. The summed E-state index contributed by atoms with van der Waals surface area (Å²) in [6, 6.07) is 2.16. The first kappa shape index (κ1) is 9.63. The summed E-state index contributed by atoms with van der Waals surface area (Å²) in [4.78, 5) is 18.2. The Hall–Kier alpha value is -1.58. The van der Waals surface area contributed by atoms with Crippen molar-refractivity contribution in [3.63, 3.8) is 0 Å². The molecule has 0 aromatic carbocycles. The van der Waals surface area contributed by atoms with Crippen molar-refractivity contribution < 1.29 is 4.79 Å². The Morgan fingerprint density at radius 3 is 3.00 bits per heavy atom. The smallest absolute Gasteiger partial charge is 0.256 e. The summed E-state index contributed by atoms with van der Waals surface area (Å²) in [5.41, 5.74) is 6.86. The van der Waals surface area contributed by atoms with Gasteiger partial charge in [0.1, 0.15) is 0 Å². The highest BCUT2D eigenvalue weighted by Crippen LogP contribution is 2.38. The summed E-state index contributed by atoms with van der Waals surface area (Å²) in [7, 11) is 0. The number of likely N-dealkylation sites (tertiary alicyclic amines) is 1. The lowest BCUT2D eigenvalue weighted by Crippen LogP contribution is -2.37. The molecule has 1 amide bonds. The fraction of sp³-hybridized carbons (Fsp3) is 0.500. The monoisotopic (exact) mass is 217 g/mol. The van der Waals surface area contributed by atoms with Gasteiger partial charge in [0.15, 0.2) is 0 Å². The predicted octanol–water partition coefficient (Wildman–Crippen LogP) is 1.29. The lowest BCUT2D eigenvalue weighted by Gasteiger charge is -2.27. The summed E-state index contributed by atoms with van der Waals surface area (Å²) >= 11 is 0. The minimum Gasteiger partial charge on any atom is -0.397 e. The SMILES string of the molecule is Nc1cnccc1C(=O)N1CC2CCC1C2. The van der Waals surface area contributed by atoms with Gasteiger partial charge in [-0.05, 0) is 31.2 Å². The number of nitrogen functional groups attached to an aromatic ring is 1. The Morgan fingerprint density at radius 1 is 1.50 bits per heavy atom. The van der Waals surface area contributed by atoms with E-state index in [0.29, 0.717) is 17.3 Å². The second-order valence-electron chi connectivity index (χ2n) is 4.75. The van der Waals surface area contributed by atoms with E-state index in [2.05, 4.69) is 4.98 Å². The molecule has 1 saturated carbocycles. The molecule has 1 aliphatic heterocycles. The molecule has 2 N–H and O–H groups in total. The molecule has 2 bridgehead atoms. The van der Waals surface area contributed by atoms with Crippen molar-refractivity contribution in [2.24, 2.45) is 5.92 Å². The van der Waals surface area contributed by atoms with Gasteiger partial charge in [-0.3, -0.25) is 9.78 Å². The largest absolute Gasteiger partial charge is 0.397 e. The van der Waals surface area contributed by atoms with Crippen LogP contribution >= 0.6 is 0 Å². The number of hydrogen-bond acceptors (Lipinski definition) is 3. The fourth-order valence-electron chi connectivity index (χ4n) is 2.93. The van der Waals surface area contributed by atoms with E-state index in [4.69, 9.17) is 5.73 Å². The average molecular weight is 217 g/mol. The molecule has 1 aromatic heterocycles. The molecule has 1 saturated heterocycles. The summed E-state index contributed by atoms with van der Waals surface area (Å²) in [5, 5.41) is 0. The lowest BCUT2D eigenvalue weighted by molar-refractivity contribution is 0.0704. The van der Waals surface area contributed by atoms with Gasteiger partial charge in [-0.25, -0.2) is 0 Å². The van der Waals surface area contributed by atoms with Gasteiger partial charge in [0.05, 0.1) is 17.4 Å². The highest BCUT2D eigenvalue weighted by Gasteiger charge is 2.40. The van der Waals surface area contributed by atoms with Crippen molar-refractivity contribution >= 4 is 11.6 Å². The number of anilines is 1. The van der Waals surface area contributed by atoms with E-state index in [0.717, 1.165) is 18.9 Å². The number of nitrogens with zero attached hydrogens (tertiary/aromatic N) is 2. The molecule has 1 aromatic rings. The Morgan fingerprint density at radius 2 is 2.38 bits per heavy atom. The maximum Gasteiger partial charge on any atom is 0.256 e. The standard InChI is InChI=1S/C12H15N3O/c13-11-6-14-4-3-10(11)12(16)15-7-8-1-2-9(15)5-8/h3-4,6,8-9H,1-2,5,7,13H2.